The van der Waals surface area contributed by atoms with Crippen molar-refractivity contribution in [3.63, 3.8) is 0 Å². The maximum atomic E-state index is 12.4. The van der Waals surface area contributed by atoms with E-state index >= 15 is 0 Å². The van der Waals surface area contributed by atoms with Crippen LogP contribution in [-0.2, 0) is 11.2 Å². The summed E-state index contributed by atoms with van der Waals surface area (Å²) in [6.45, 7) is 1.91. The molecular formula is C19H21N3O3. The lowest BCUT2D eigenvalue weighted by molar-refractivity contribution is -0.132. The zero-order valence-electron chi connectivity index (χ0n) is 14.0. The van der Waals surface area contributed by atoms with Crippen molar-refractivity contribution in [3.05, 3.63) is 70.1 Å². The summed E-state index contributed by atoms with van der Waals surface area (Å²) in [6.07, 6.45) is 2.69. The second-order valence-corrected chi connectivity index (χ2v) is 6.07. The van der Waals surface area contributed by atoms with Gasteiger partial charge in [0.25, 0.3) is 11.5 Å². The molecule has 0 atom stereocenters. The maximum absolute atomic E-state index is 12.4. The van der Waals surface area contributed by atoms with Gasteiger partial charge in [-0.15, -0.1) is 0 Å². The zero-order chi connectivity index (χ0) is 17.6. The van der Waals surface area contributed by atoms with E-state index in [1.807, 2.05) is 30.3 Å². The molecule has 2 amide bonds. The van der Waals surface area contributed by atoms with Gasteiger partial charge >= 0.3 is 0 Å². The average molecular weight is 339 g/mol. The molecule has 0 aliphatic carbocycles. The van der Waals surface area contributed by atoms with Crippen LogP contribution in [0.2, 0.25) is 0 Å². The van der Waals surface area contributed by atoms with Crippen molar-refractivity contribution < 1.29 is 9.59 Å². The summed E-state index contributed by atoms with van der Waals surface area (Å²) in [5.74, 6) is -0.174. The molecule has 0 saturated carbocycles. The number of aromatic nitrogens is 1. The van der Waals surface area contributed by atoms with E-state index in [0.717, 1.165) is 12.0 Å². The van der Waals surface area contributed by atoms with Crippen LogP contribution in [0.3, 0.4) is 0 Å². The summed E-state index contributed by atoms with van der Waals surface area (Å²) in [7, 11) is 0. The van der Waals surface area contributed by atoms with Gasteiger partial charge in [-0.05, 0) is 24.1 Å². The minimum absolute atomic E-state index is 0.105. The molecule has 2 heterocycles. The molecule has 130 valence electrons. The zero-order valence-corrected chi connectivity index (χ0v) is 14.0. The topological polar surface area (TPSA) is 73.5 Å². The van der Waals surface area contributed by atoms with E-state index in [1.54, 1.807) is 15.9 Å². The monoisotopic (exact) mass is 339 g/mol. The number of carbonyl (C=O) groups excluding carboxylic acids is 2. The summed E-state index contributed by atoms with van der Waals surface area (Å²) in [6, 6.07) is 13.1. The predicted molar refractivity (Wildman–Crippen MR) is 94.3 cm³/mol. The lowest BCUT2D eigenvalue weighted by Crippen LogP contribution is -2.51. The third kappa shape index (κ3) is 4.15. The van der Waals surface area contributed by atoms with E-state index in [-0.39, 0.29) is 22.9 Å². The Balaban J connectivity index is 1.51. The van der Waals surface area contributed by atoms with E-state index in [4.69, 9.17) is 0 Å². The Hall–Kier alpha value is -2.89. The first kappa shape index (κ1) is 17.0. The molecule has 1 aliphatic rings. The number of H-pyrrole nitrogens is 1. The van der Waals surface area contributed by atoms with Gasteiger partial charge in [0.05, 0.1) is 0 Å². The Morgan fingerprint density at radius 1 is 0.920 bits per heavy atom. The van der Waals surface area contributed by atoms with E-state index in [1.165, 1.54) is 12.3 Å². The fraction of sp³-hybridized carbons (Fsp3) is 0.316. The number of pyridine rings is 1. The van der Waals surface area contributed by atoms with Crippen molar-refractivity contribution in [3.8, 4) is 0 Å². The lowest BCUT2D eigenvalue weighted by atomic mass is 10.1. The van der Waals surface area contributed by atoms with Crippen LogP contribution in [-0.4, -0.2) is 52.8 Å². The van der Waals surface area contributed by atoms with E-state index in [9.17, 15) is 14.4 Å². The molecule has 0 spiro atoms. The molecule has 6 nitrogen and oxygen atoms in total. The largest absolute Gasteiger partial charge is 0.339 e. The van der Waals surface area contributed by atoms with Crippen LogP contribution in [0, 0.1) is 0 Å². The first-order valence-electron chi connectivity index (χ1n) is 8.44. The number of hydrogen-bond acceptors (Lipinski definition) is 3. The van der Waals surface area contributed by atoms with Crippen LogP contribution in [0.15, 0.2) is 53.5 Å². The Bertz CT molecular complexity index is 793. The van der Waals surface area contributed by atoms with Gasteiger partial charge in [0.1, 0.15) is 5.56 Å². The number of carbonyl (C=O) groups is 2. The molecule has 0 bridgehead atoms. The number of aromatic amines is 1. The Morgan fingerprint density at radius 2 is 1.60 bits per heavy atom. The van der Waals surface area contributed by atoms with E-state index in [0.29, 0.717) is 32.6 Å². The van der Waals surface area contributed by atoms with Gasteiger partial charge in [-0.3, -0.25) is 14.4 Å². The van der Waals surface area contributed by atoms with Crippen molar-refractivity contribution >= 4 is 11.8 Å². The van der Waals surface area contributed by atoms with Gasteiger partial charge in [-0.25, -0.2) is 0 Å². The molecule has 1 aromatic heterocycles. The smallest absolute Gasteiger partial charge is 0.260 e. The van der Waals surface area contributed by atoms with Crippen molar-refractivity contribution in [2.24, 2.45) is 0 Å². The normalized spacial score (nSPS) is 14.4. The lowest BCUT2D eigenvalue weighted by Gasteiger charge is -2.34. The molecule has 1 fully saturated rings. The van der Waals surface area contributed by atoms with Crippen LogP contribution in [0.1, 0.15) is 22.3 Å². The SMILES string of the molecule is O=C(CCc1ccccc1)N1CCN(C(=O)c2ccc[nH]c2=O)CC1. The Kier molecular flexibility index (Phi) is 5.28. The standard InChI is InChI=1S/C19H21N3O3/c23-17(9-8-15-5-2-1-3-6-15)21-11-13-22(14-12-21)19(25)16-7-4-10-20-18(16)24/h1-7,10H,8-9,11-14H2,(H,20,24). The van der Waals surface area contributed by atoms with Gasteiger partial charge in [0.2, 0.25) is 5.91 Å². The number of nitrogens with zero attached hydrogens (tertiary/aromatic N) is 2. The summed E-state index contributed by atoms with van der Waals surface area (Å²) in [4.78, 5) is 42.4. The molecule has 1 N–H and O–H groups in total. The number of nitrogens with one attached hydrogen (secondary N) is 1. The first-order chi connectivity index (χ1) is 12.1. The summed E-state index contributed by atoms with van der Waals surface area (Å²) >= 11 is 0. The second kappa shape index (κ2) is 7.79. The van der Waals surface area contributed by atoms with Crippen molar-refractivity contribution in [1.29, 1.82) is 0 Å². The molecule has 1 aromatic carbocycles. The number of aryl methyl sites for hydroxylation is 1. The van der Waals surface area contributed by atoms with Crippen molar-refractivity contribution in [2.75, 3.05) is 26.2 Å². The second-order valence-electron chi connectivity index (χ2n) is 6.07. The third-order valence-corrected chi connectivity index (χ3v) is 4.44. The third-order valence-electron chi connectivity index (χ3n) is 4.44. The highest BCUT2D eigenvalue weighted by Crippen LogP contribution is 2.09. The molecular weight excluding hydrogens is 318 g/mol. The Morgan fingerprint density at radius 3 is 2.28 bits per heavy atom. The van der Waals surface area contributed by atoms with E-state index < -0.39 is 0 Å². The van der Waals surface area contributed by atoms with Crippen LogP contribution in [0.4, 0.5) is 0 Å². The van der Waals surface area contributed by atoms with Gasteiger partial charge in [0.15, 0.2) is 0 Å². The van der Waals surface area contributed by atoms with Crippen LogP contribution >= 0.6 is 0 Å². The maximum Gasteiger partial charge on any atom is 0.260 e. The fourth-order valence-corrected chi connectivity index (χ4v) is 2.97. The molecule has 1 aliphatic heterocycles. The molecule has 1 saturated heterocycles. The van der Waals surface area contributed by atoms with Crippen molar-refractivity contribution in [2.45, 2.75) is 12.8 Å². The highest BCUT2D eigenvalue weighted by Gasteiger charge is 2.25. The van der Waals surface area contributed by atoms with Gasteiger partial charge in [-0.1, -0.05) is 30.3 Å². The highest BCUT2D eigenvalue weighted by molar-refractivity contribution is 5.94. The quantitative estimate of drug-likeness (QED) is 0.912. The minimum Gasteiger partial charge on any atom is -0.339 e. The molecule has 25 heavy (non-hydrogen) atoms. The summed E-state index contributed by atoms with van der Waals surface area (Å²) < 4.78 is 0. The average Bonchev–Trinajstić information content (AvgIpc) is 2.67. The van der Waals surface area contributed by atoms with E-state index in [2.05, 4.69) is 4.98 Å². The number of hydrogen-bond donors (Lipinski definition) is 1. The summed E-state index contributed by atoms with van der Waals surface area (Å²) in [5.41, 5.74) is 0.910. The number of piperazine rings is 1. The van der Waals surface area contributed by atoms with Crippen molar-refractivity contribution in [1.82, 2.24) is 14.8 Å². The molecule has 3 rings (SSSR count). The predicted octanol–water partition coefficient (Wildman–Crippen LogP) is 1.29. The van der Waals surface area contributed by atoms with Gasteiger partial charge < -0.3 is 14.8 Å². The summed E-state index contributed by atoms with van der Waals surface area (Å²) in [5, 5.41) is 0. The molecule has 6 heteroatoms. The number of amides is 2. The molecule has 0 unspecified atom stereocenters. The van der Waals surface area contributed by atoms with Crippen LogP contribution in [0.5, 0.6) is 0 Å². The fourth-order valence-electron chi connectivity index (χ4n) is 2.97. The van der Waals surface area contributed by atoms with Gasteiger partial charge in [0, 0.05) is 38.8 Å². The van der Waals surface area contributed by atoms with Gasteiger partial charge in [-0.2, -0.15) is 0 Å². The first-order valence-corrected chi connectivity index (χ1v) is 8.44. The Labute approximate surface area is 146 Å². The van der Waals surface area contributed by atoms with Crippen LogP contribution < -0.4 is 5.56 Å². The molecule has 0 radical (unpaired) electrons. The highest BCUT2D eigenvalue weighted by atomic mass is 16.2. The van der Waals surface area contributed by atoms with Crippen LogP contribution in [0.25, 0.3) is 0 Å². The minimum atomic E-state index is -0.381. The number of benzene rings is 1. The number of rotatable bonds is 4. The molecule has 2 aromatic rings.